The molecule has 0 amide bonds. The highest BCUT2D eigenvalue weighted by Gasteiger charge is 2.06. The summed E-state index contributed by atoms with van der Waals surface area (Å²) >= 11 is 0. The monoisotopic (exact) mass is 261 g/mol. The van der Waals surface area contributed by atoms with Gasteiger partial charge in [0, 0.05) is 13.1 Å². The van der Waals surface area contributed by atoms with E-state index in [4.69, 9.17) is 5.73 Å². The van der Waals surface area contributed by atoms with Gasteiger partial charge in [0.2, 0.25) is 0 Å². The Kier molecular flexibility index (Phi) is 4.12. The van der Waals surface area contributed by atoms with Gasteiger partial charge in [-0.2, -0.15) is 0 Å². The molecule has 1 heterocycles. The van der Waals surface area contributed by atoms with Crippen LogP contribution in [0.2, 0.25) is 0 Å². The third kappa shape index (κ3) is 3.31. The molecule has 0 saturated heterocycles. The molecule has 2 aromatic rings. The molecule has 0 spiro atoms. The molecule has 0 aliphatic carbocycles. The topological polar surface area (TPSA) is 75.9 Å². The minimum atomic E-state index is -0.250. The molecule has 0 bridgehead atoms. The lowest BCUT2D eigenvalue weighted by molar-refractivity contribution is 0.627. The van der Waals surface area contributed by atoms with E-state index in [0.29, 0.717) is 23.9 Å². The molecular weight excluding hydrogens is 245 g/mol. The number of rotatable bonds is 5. The first-order chi connectivity index (χ1) is 9.20. The third-order valence-electron chi connectivity index (χ3n) is 2.60. The van der Waals surface area contributed by atoms with Crippen LogP contribution in [0.5, 0.6) is 0 Å². The van der Waals surface area contributed by atoms with Crippen molar-refractivity contribution >= 4 is 17.3 Å². The highest BCUT2D eigenvalue weighted by atomic mass is 19.1. The molecule has 0 saturated carbocycles. The van der Waals surface area contributed by atoms with Crippen molar-refractivity contribution in [1.82, 2.24) is 9.97 Å². The maximum Gasteiger partial charge on any atom is 0.155 e. The van der Waals surface area contributed by atoms with E-state index < -0.39 is 0 Å². The summed E-state index contributed by atoms with van der Waals surface area (Å²) in [5.41, 5.74) is 7.37. The highest BCUT2D eigenvalue weighted by Crippen LogP contribution is 2.22. The Morgan fingerprint density at radius 2 is 1.74 bits per heavy atom. The van der Waals surface area contributed by atoms with E-state index in [-0.39, 0.29) is 5.82 Å². The maximum atomic E-state index is 12.8. The summed E-state index contributed by atoms with van der Waals surface area (Å²) in [6.45, 7) is 3.22. The SMILES string of the molecule is CCNc1ncnc(NCc2ccc(F)cc2)c1N. The smallest absolute Gasteiger partial charge is 0.155 e. The van der Waals surface area contributed by atoms with Crippen molar-refractivity contribution in [3.63, 3.8) is 0 Å². The summed E-state index contributed by atoms with van der Waals surface area (Å²) < 4.78 is 12.8. The second kappa shape index (κ2) is 5.99. The average molecular weight is 261 g/mol. The lowest BCUT2D eigenvalue weighted by Gasteiger charge is -2.11. The molecule has 0 aliphatic rings. The van der Waals surface area contributed by atoms with Crippen molar-refractivity contribution in [2.45, 2.75) is 13.5 Å². The summed E-state index contributed by atoms with van der Waals surface area (Å²) in [6, 6.07) is 6.27. The fourth-order valence-electron chi connectivity index (χ4n) is 1.63. The Balaban J connectivity index is 2.07. The van der Waals surface area contributed by atoms with Gasteiger partial charge in [-0.3, -0.25) is 0 Å². The van der Waals surface area contributed by atoms with Gasteiger partial charge in [-0.05, 0) is 24.6 Å². The predicted octanol–water partition coefficient (Wildman–Crippen LogP) is 2.24. The van der Waals surface area contributed by atoms with E-state index in [1.165, 1.54) is 18.5 Å². The van der Waals surface area contributed by atoms with Crippen molar-refractivity contribution in [2.24, 2.45) is 0 Å². The minimum absolute atomic E-state index is 0.250. The summed E-state index contributed by atoms with van der Waals surface area (Å²) in [5.74, 6) is 0.925. The van der Waals surface area contributed by atoms with E-state index in [2.05, 4.69) is 20.6 Å². The van der Waals surface area contributed by atoms with Crippen molar-refractivity contribution in [2.75, 3.05) is 22.9 Å². The standard InChI is InChI=1S/C13H16FN5/c1-2-16-12-11(15)13(19-8-18-12)17-7-9-3-5-10(14)6-4-9/h3-6,8H,2,7,15H2,1H3,(H2,16,17,18,19). The quantitative estimate of drug-likeness (QED) is 0.769. The van der Waals surface area contributed by atoms with Crippen LogP contribution in [0, 0.1) is 5.82 Å². The lowest BCUT2D eigenvalue weighted by Crippen LogP contribution is -2.09. The molecule has 4 N–H and O–H groups in total. The molecule has 0 aliphatic heterocycles. The van der Waals surface area contributed by atoms with Crippen LogP contribution in [0.4, 0.5) is 21.7 Å². The van der Waals surface area contributed by atoms with Gasteiger partial charge in [0.05, 0.1) is 0 Å². The number of aromatic nitrogens is 2. The average Bonchev–Trinajstić information content (AvgIpc) is 2.42. The molecule has 2 rings (SSSR count). The highest BCUT2D eigenvalue weighted by molar-refractivity contribution is 5.73. The van der Waals surface area contributed by atoms with E-state index in [1.54, 1.807) is 12.1 Å². The number of halogens is 1. The molecular formula is C13H16FN5. The number of nitrogens with two attached hydrogens (primary N) is 1. The maximum absolute atomic E-state index is 12.8. The van der Waals surface area contributed by atoms with E-state index in [0.717, 1.165) is 12.1 Å². The van der Waals surface area contributed by atoms with Gasteiger partial charge >= 0.3 is 0 Å². The number of anilines is 3. The normalized spacial score (nSPS) is 10.2. The number of nitrogens with zero attached hydrogens (tertiary/aromatic N) is 2. The van der Waals surface area contributed by atoms with Gasteiger partial charge in [0.25, 0.3) is 0 Å². The summed E-state index contributed by atoms with van der Waals surface area (Å²) in [5, 5.41) is 6.17. The van der Waals surface area contributed by atoms with Crippen LogP contribution in [0.15, 0.2) is 30.6 Å². The van der Waals surface area contributed by atoms with Crippen LogP contribution in [0.1, 0.15) is 12.5 Å². The number of hydrogen-bond acceptors (Lipinski definition) is 5. The zero-order chi connectivity index (χ0) is 13.7. The largest absolute Gasteiger partial charge is 0.393 e. The van der Waals surface area contributed by atoms with Crippen molar-refractivity contribution in [3.05, 3.63) is 42.0 Å². The molecule has 1 aromatic heterocycles. The number of hydrogen-bond donors (Lipinski definition) is 3. The van der Waals surface area contributed by atoms with Gasteiger partial charge in [-0.15, -0.1) is 0 Å². The van der Waals surface area contributed by atoms with E-state index in [9.17, 15) is 4.39 Å². The Morgan fingerprint density at radius 3 is 2.37 bits per heavy atom. The molecule has 0 unspecified atom stereocenters. The molecule has 0 radical (unpaired) electrons. The van der Waals surface area contributed by atoms with E-state index >= 15 is 0 Å². The molecule has 6 heteroatoms. The Morgan fingerprint density at radius 1 is 1.11 bits per heavy atom. The minimum Gasteiger partial charge on any atom is -0.393 e. The molecule has 0 atom stereocenters. The number of nitrogens with one attached hydrogen (secondary N) is 2. The van der Waals surface area contributed by atoms with Crippen LogP contribution in [0.3, 0.4) is 0 Å². The lowest BCUT2D eigenvalue weighted by atomic mass is 10.2. The summed E-state index contributed by atoms with van der Waals surface area (Å²) in [4.78, 5) is 8.15. The first kappa shape index (κ1) is 13.1. The molecule has 19 heavy (non-hydrogen) atoms. The zero-order valence-electron chi connectivity index (χ0n) is 10.7. The first-order valence-electron chi connectivity index (χ1n) is 6.03. The van der Waals surface area contributed by atoms with Crippen LogP contribution < -0.4 is 16.4 Å². The van der Waals surface area contributed by atoms with Crippen molar-refractivity contribution in [1.29, 1.82) is 0 Å². The number of nitrogen functional groups attached to an aromatic ring is 1. The van der Waals surface area contributed by atoms with Crippen LogP contribution in [0.25, 0.3) is 0 Å². The van der Waals surface area contributed by atoms with Gasteiger partial charge in [0.1, 0.15) is 17.8 Å². The van der Waals surface area contributed by atoms with Crippen LogP contribution in [-0.2, 0) is 6.54 Å². The Labute approximate surface area is 111 Å². The van der Waals surface area contributed by atoms with Gasteiger partial charge < -0.3 is 16.4 Å². The zero-order valence-corrected chi connectivity index (χ0v) is 10.7. The fraction of sp³-hybridized carbons (Fsp3) is 0.231. The molecule has 1 aromatic carbocycles. The molecule has 0 fully saturated rings. The number of benzene rings is 1. The summed E-state index contributed by atoms with van der Waals surface area (Å²) in [6.07, 6.45) is 1.45. The van der Waals surface area contributed by atoms with Gasteiger partial charge in [-0.25, -0.2) is 14.4 Å². The van der Waals surface area contributed by atoms with Gasteiger partial charge in [0.15, 0.2) is 11.6 Å². The second-order valence-electron chi connectivity index (χ2n) is 3.99. The Bertz CT molecular complexity index is 541. The van der Waals surface area contributed by atoms with Gasteiger partial charge in [-0.1, -0.05) is 12.1 Å². The third-order valence-corrected chi connectivity index (χ3v) is 2.60. The molecule has 5 nitrogen and oxygen atoms in total. The second-order valence-corrected chi connectivity index (χ2v) is 3.99. The Hall–Kier alpha value is -2.37. The first-order valence-corrected chi connectivity index (χ1v) is 6.03. The van der Waals surface area contributed by atoms with Crippen molar-refractivity contribution < 1.29 is 4.39 Å². The van der Waals surface area contributed by atoms with E-state index in [1.807, 2.05) is 6.92 Å². The molecule has 100 valence electrons. The van der Waals surface area contributed by atoms with Crippen LogP contribution in [-0.4, -0.2) is 16.5 Å². The predicted molar refractivity (Wildman–Crippen MR) is 74.3 cm³/mol. The van der Waals surface area contributed by atoms with Crippen molar-refractivity contribution in [3.8, 4) is 0 Å². The summed E-state index contributed by atoms with van der Waals surface area (Å²) in [7, 11) is 0. The van der Waals surface area contributed by atoms with Crippen LogP contribution >= 0.6 is 0 Å². The fourth-order valence-corrected chi connectivity index (χ4v) is 1.63.